The number of hydrogen-bond donors (Lipinski definition) is 1. The number of aliphatic hydroxyl groups excluding tert-OH is 1. The summed E-state index contributed by atoms with van der Waals surface area (Å²) < 4.78 is 13.6. The maximum atomic E-state index is 13.6. The van der Waals surface area contributed by atoms with E-state index < -0.39 is 6.10 Å². The van der Waals surface area contributed by atoms with Crippen molar-refractivity contribution in [3.63, 3.8) is 0 Å². The second-order valence-corrected chi connectivity index (χ2v) is 5.18. The van der Waals surface area contributed by atoms with Gasteiger partial charge in [-0.1, -0.05) is 30.7 Å². The van der Waals surface area contributed by atoms with Crippen molar-refractivity contribution in [3.05, 3.63) is 64.2 Å². The molecule has 20 heavy (non-hydrogen) atoms. The smallest absolute Gasteiger partial charge is 0.127 e. The normalized spacial score (nSPS) is 12.4. The Morgan fingerprint density at radius 2 is 2.05 bits per heavy atom. The fourth-order valence-electron chi connectivity index (χ4n) is 2.06. The van der Waals surface area contributed by atoms with E-state index in [0.29, 0.717) is 17.0 Å². The lowest BCUT2D eigenvalue weighted by atomic mass is 10.0. The number of pyridine rings is 1. The Labute approximate surface area is 123 Å². The molecule has 1 heterocycles. The lowest BCUT2D eigenvalue weighted by Gasteiger charge is -2.12. The van der Waals surface area contributed by atoms with Gasteiger partial charge in [-0.2, -0.15) is 0 Å². The van der Waals surface area contributed by atoms with Crippen LogP contribution in [0, 0.1) is 5.82 Å². The van der Waals surface area contributed by atoms with Crippen LogP contribution in [-0.4, -0.2) is 16.2 Å². The van der Waals surface area contributed by atoms with Gasteiger partial charge in [-0.25, -0.2) is 4.39 Å². The summed E-state index contributed by atoms with van der Waals surface area (Å²) in [6.45, 7) is 2.06. The Morgan fingerprint density at radius 3 is 2.65 bits per heavy atom. The molecule has 0 radical (unpaired) electrons. The van der Waals surface area contributed by atoms with E-state index in [9.17, 15) is 9.50 Å². The highest BCUT2D eigenvalue weighted by Gasteiger charge is 2.13. The van der Waals surface area contributed by atoms with E-state index in [2.05, 4.69) is 11.9 Å². The zero-order valence-electron chi connectivity index (χ0n) is 11.3. The first kappa shape index (κ1) is 14.9. The number of hydrogen-bond acceptors (Lipinski definition) is 2. The van der Waals surface area contributed by atoms with Gasteiger partial charge in [0.15, 0.2) is 0 Å². The van der Waals surface area contributed by atoms with E-state index in [1.54, 1.807) is 18.3 Å². The molecule has 0 amide bonds. The van der Waals surface area contributed by atoms with Crippen molar-refractivity contribution in [2.24, 2.45) is 0 Å². The van der Waals surface area contributed by atoms with Crippen LogP contribution in [0.4, 0.5) is 4.39 Å². The lowest BCUT2D eigenvalue weighted by molar-refractivity contribution is 0.173. The number of halogens is 2. The Balaban J connectivity index is 2.03. The standard InChI is InChI=1S/C16H17ClFNO/c1-2-11-6-7-12(19-10-11)8-13(20)9-14-15(17)4-3-5-16(14)18/h3-7,10,13,20H,2,8-9H2,1H3. The highest BCUT2D eigenvalue weighted by atomic mass is 35.5. The molecule has 1 aromatic carbocycles. The van der Waals surface area contributed by atoms with Gasteiger partial charge in [0.05, 0.1) is 6.10 Å². The zero-order chi connectivity index (χ0) is 14.5. The van der Waals surface area contributed by atoms with Gasteiger partial charge in [-0.15, -0.1) is 0 Å². The molecule has 0 saturated heterocycles. The quantitative estimate of drug-likeness (QED) is 0.914. The molecule has 1 N–H and O–H groups in total. The Morgan fingerprint density at radius 1 is 1.25 bits per heavy atom. The highest BCUT2D eigenvalue weighted by molar-refractivity contribution is 6.31. The van der Waals surface area contributed by atoms with E-state index in [1.807, 2.05) is 12.1 Å². The summed E-state index contributed by atoms with van der Waals surface area (Å²) in [5, 5.41) is 10.4. The van der Waals surface area contributed by atoms with Crippen LogP contribution in [0.5, 0.6) is 0 Å². The van der Waals surface area contributed by atoms with Crippen LogP contribution in [-0.2, 0) is 19.3 Å². The molecular formula is C16H17ClFNO. The molecule has 0 bridgehead atoms. The molecule has 0 aliphatic carbocycles. The predicted octanol–water partition coefficient (Wildman–Crippen LogP) is 3.58. The van der Waals surface area contributed by atoms with Crippen molar-refractivity contribution in [2.45, 2.75) is 32.3 Å². The summed E-state index contributed by atoms with van der Waals surface area (Å²) in [6.07, 6.45) is 2.60. The average Bonchev–Trinajstić information content (AvgIpc) is 2.44. The van der Waals surface area contributed by atoms with Crippen LogP contribution < -0.4 is 0 Å². The molecule has 1 unspecified atom stereocenters. The molecule has 4 heteroatoms. The van der Waals surface area contributed by atoms with Crippen molar-refractivity contribution in [1.82, 2.24) is 4.98 Å². The average molecular weight is 294 g/mol. The maximum absolute atomic E-state index is 13.6. The number of benzene rings is 1. The number of aryl methyl sites for hydroxylation is 1. The van der Waals surface area contributed by atoms with Gasteiger partial charge in [0.25, 0.3) is 0 Å². The summed E-state index contributed by atoms with van der Waals surface area (Å²) in [4.78, 5) is 4.29. The Bertz CT molecular complexity index is 551. The molecule has 1 atom stereocenters. The molecule has 0 saturated carbocycles. The van der Waals surface area contributed by atoms with Crippen LogP contribution >= 0.6 is 11.6 Å². The minimum Gasteiger partial charge on any atom is -0.392 e. The van der Waals surface area contributed by atoms with Gasteiger partial charge in [-0.3, -0.25) is 4.98 Å². The molecule has 0 aliphatic rings. The molecule has 2 nitrogen and oxygen atoms in total. The third kappa shape index (κ3) is 3.78. The fraction of sp³-hybridized carbons (Fsp3) is 0.312. The van der Waals surface area contributed by atoms with Crippen LogP contribution in [0.25, 0.3) is 0 Å². The number of aromatic nitrogens is 1. The zero-order valence-corrected chi connectivity index (χ0v) is 12.1. The first-order valence-electron chi connectivity index (χ1n) is 6.65. The van der Waals surface area contributed by atoms with Gasteiger partial charge >= 0.3 is 0 Å². The first-order chi connectivity index (χ1) is 9.60. The second kappa shape index (κ2) is 6.82. The summed E-state index contributed by atoms with van der Waals surface area (Å²) in [5.74, 6) is -0.383. The Kier molecular flexibility index (Phi) is 5.10. The van der Waals surface area contributed by atoms with E-state index >= 15 is 0 Å². The van der Waals surface area contributed by atoms with E-state index in [4.69, 9.17) is 11.6 Å². The van der Waals surface area contributed by atoms with E-state index in [-0.39, 0.29) is 12.2 Å². The van der Waals surface area contributed by atoms with Gasteiger partial charge in [0, 0.05) is 35.3 Å². The van der Waals surface area contributed by atoms with Crippen molar-refractivity contribution < 1.29 is 9.50 Å². The van der Waals surface area contributed by atoms with Crippen molar-refractivity contribution in [2.75, 3.05) is 0 Å². The monoisotopic (exact) mass is 293 g/mol. The third-order valence-electron chi connectivity index (χ3n) is 3.24. The van der Waals surface area contributed by atoms with Crippen LogP contribution in [0.15, 0.2) is 36.5 Å². The van der Waals surface area contributed by atoms with Crippen LogP contribution in [0.2, 0.25) is 5.02 Å². The fourth-order valence-corrected chi connectivity index (χ4v) is 2.30. The Hall–Kier alpha value is -1.45. The van der Waals surface area contributed by atoms with Crippen molar-refractivity contribution >= 4 is 11.6 Å². The largest absolute Gasteiger partial charge is 0.392 e. The predicted molar refractivity (Wildman–Crippen MR) is 78.4 cm³/mol. The molecule has 106 valence electrons. The highest BCUT2D eigenvalue weighted by Crippen LogP contribution is 2.21. The minimum absolute atomic E-state index is 0.183. The molecule has 1 aromatic heterocycles. The van der Waals surface area contributed by atoms with Gasteiger partial charge in [-0.05, 0) is 30.2 Å². The van der Waals surface area contributed by atoms with E-state index in [0.717, 1.165) is 17.7 Å². The topological polar surface area (TPSA) is 33.1 Å². The summed E-state index contributed by atoms with van der Waals surface area (Å²) in [7, 11) is 0. The van der Waals surface area contributed by atoms with Gasteiger partial charge in [0.2, 0.25) is 0 Å². The first-order valence-corrected chi connectivity index (χ1v) is 7.02. The molecular weight excluding hydrogens is 277 g/mol. The summed E-state index contributed by atoms with van der Waals surface area (Å²) in [6, 6.07) is 8.41. The number of nitrogens with zero attached hydrogens (tertiary/aromatic N) is 1. The van der Waals surface area contributed by atoms with Crippen LogP contribution in [0.1, 0.15) is 23.7 Å². The second-order valence-electron chi connectivity index (χ2n) is 4.77. The SMILES string of the molecule is CCc1ccc(CC(O)Cc2c(F)cccc2Cl)nc1. The molecule has 2 aromatic rings. The van der Waals surface area contributed by atoms with Crippen LogP contribution in [0.3, 0.4) is 0 Å². The molecule has 0 aliphatic heterocycles. The maximum Gasteiger partial charge on any atom is 0.127 e. The van der Waals surface area contributed by atoms with Crippen molar-refractivity contribution in [3.8, 4) is 0 Å². The summed E-state index contributed by atoms with van der Waals surface area (Å²) >= 11 is 5.95. The molecule has 0 fully saturated rings. The minimum atomic E-state index is -0.704. The number of aliphatic hydroxyl groups is 1. The van der Waals surface area contributed by atoms with Gasteiger partial charge < -0.3 is 5.11 Å². The lowest BCUT2D eigenvalue weighted by Crippen LogP contribution is -2.16. The van der Waals surface area contributed by atoms with Crippen molar-refractivity contribution in [1.29, 1.82) is 0 Å². The van der Waals surface area contributed by atoms with E-state index in [1.165, 1.54) is 6.07 Å². The third-order valence-corrected chi connectivity index (χ3v) is 3.59. The number of rotatable bonds is 5. The molecule has 0 spiro atoms. The van der Waals surface area contributed by atoms with Gasteiger partial charge in [0.1, 0.15) is 5.82 Å². The summed E-state index contributed by atoms with van der Waals surface area (Å²) in [5.41, 5.74) is 2.30. The molecule has 2 rings (SSSR count).